The second-order valence-electron chi connectivity index (χ2n) is 8.13. The normalized spacial score (nSPS) is 20.0. The first-order valence-corrected chi connectivity index (χ1v) is 11.4. The Labute approximate surface area is 190 Å². The van der Waals surface area contributed by atoms with Crippen LogP contribution in [0.5, 0.6) is 0 Å². The van der Waals surface area contributed by atoms with Crippen LogP contribution in [0.3, 0.4) is 0 Å². The number of hydrogen-bond acceptors (Lipinski definition) is 5. The topological polar surface area (TPSA) is 86.2 Å². The molecule has 3 unspecified atom stereocenters. The van der Waals surface area contributed by atoms with Gasteiger partial charge in [0.15, 0.2) is 0 Å². The number of nitrogens with two attached hydrogens (primary N) is 2. The SMILES string of the molecule is C=CCCN(C(=C)C)c1ccc([NH3+])c(SC2C(C)C2C=Cc2ccc(N(N)N)cc2)c1. The zero-order valence-corrected chi connectivity index (χ0v) is 19.3. The zero-order valence-electron chi connectivity index (χ0n) is 18.5. The van der Waals surface area contributed by atoms with Gasteiger partial charge in [0.2, 0.25) is 0 Å². The summed E-state index contributed by atoms with van der Waals surface area (Å²) in [5.41, 5.74) is 9.46. The first kappa shape index (κ1) is 23.2. The van der Waals surface area contributed by atoms with Crippen LogP contribution in [-0.2, 0) is 0 Å². The summed E-state index contributed by atoms with van der Waals surface area (Å²) in [6.07, 6.45) is 7.36. The lowest BCUT2D eigenvalue weighted by molar-refractivity contribution is -0.258. The van der Waals surface area contributed by atoms with Crippen molar-refractivity contribution in [2.24, 2.45) is 23.5 Å². The maximum atomic E-state index is 5.56. The fraction of sp³-hybridized carbons (Fsp3) is 0.280. The van der Waals surface area contributed by atoms with Crippen molar-refractivity contribution < 1.29 is 5.73 Å². The molecule has 0 amide bonds. The maximum absolute atomic E-state index is 5.56. The molecule has 1 fully saturated rings. The molecule has 5 nitrogen and oxygen atoms in total. The number of benzene rings is 2. The first-order valence-electron chi connectivity index (χ1n) is 10.6. The highest BCUT2D eigenvalue weighted by molar-refractivity contribution is 8.00. The molecule has 0 saturated heterocycles. The summed E-state index contributed by atoms with van der Waals surface area (Å²) < 4.78 is 0. The van der Waals surface area contributed by atoms with E-state index in [1.807, 2.05) is 49.0 Å². The Balaban J connectivity index is 1.68. The second-order valence-corrected chi connectivity index (χ2v) is 9.35. The van der Waals surface area contributed by atoms with E-state index in [0.717, 1.165) is 40.7 Å². The zero-order chi connectivity index (χ0) is 22.5. The van der Waals surface area contributed by atoms with Gasteiger partial charge < -0.3 is 10.6 Å². The summed E-state index contributed by atoms with van der Waals surface area (Å²) in [6.45, 7) is 13.2. The van der Waals surface area contributed by atoms with Crippen LogP contribution < -0.4 is 27.4 Å². The van der Waals surface area contributed by atoms with E-state index in [1.165, 1.54) is 10.6 Å². The van der Waals surface area contributed by atoms with E-state index in [1.54, 1.807) is 0 Å². The standard InChI is InChI=1S/C25H33N5S/c1-5-6-15-29(17(2)3)21-12-14-23(26)24(16-21)31-25-18(4)22(25)13-9-19-7-10-20(11-8-19)30(27)28/h5,7-14,16,18,22,25H,1-2,6,15,26-28H2,3-4H3/p+1. The molecule has 1 aliphatic carbocycles. The lowest BCUT2D eigenvalue weighted by atomic mass is 10.1. The molecule has 0 heterocycles. The van der Waals surface area contributed by atoms with E-state index in [0.29, 0.717) is 17.1 Å². The summed E-state index contributed by atoms with van der Waals surface area (Å²) in [4.78, 5) is 3.48. The molecule has 2 aromatic carbocycles. The fourth-order valence-electron chi connectivity index (χ4n) is 3.63. The van der Waals surface area contributed by atoms with Gasteiger partial charge in [-0.15, -0.1) is 18.3 Å². The average Bonchev–Trinajstić information content (AvgIpc) is 3.36. The Morgan fingerprint density at radius 1 is 1.16 bits per heavy atom. The van der Waals surface area contributed by atoms with Crippen molar-refractivity contribution in [3.05, 3.63) is 79.0 Å². The molecule has 0 spiro atoms. The number of allylic oxidation sites excluding steroid dienone is 2. The third-order valence-corrected chi connectivity index (χ3v) is 7.36. The Morgan fingerprint density at radius 3 is 2.45 bits per heavy atom. The van der Waals surface area contributed by atoms with Crippen molar-refractivity contribution in [3.8, 4) is 0 Å². The van der Waals surface area contributed by atoms with Crippen molar-refractivity contribution in [2.45, 2.75) is 30.4 Å². The lowest BCUT2D eigenvalue weighted by Gasteiger charge is -2.25. The summed E-state index contributed by atoms with van der Waals surface area (Å²) >= 11 is 1.93. The molecule has 1 aliphatic rings. The highest BCUT2D eigenvalue weighted by Gasteiger charge is 2.45. The lowest BCUT2D eigenvalue weighted by Crippen LogP contribution is -2.41. The molecular weight excluding hydrogens is 402 g/mol. The first-order chi connectivity index (χ1) is 14.8. The van der Waals surface area contributed by atoms with Crippen molar-refractivity contribution in [1.82, 2.24) is 0 Å². The van der Waals surface area contributed by atoms with E-state index >= 15 is 0 Å². The van der Waals surface area contributed by atoms with Crippen LogP contribution in [0.15, 0.2) is 78.4 Å². The van der Waals surface area contributed by atoms with Gasteiger partial charge in [-0.3, -0.25) is 0 Å². The van der Waals surface area contributed by atoms with Crippen molar-refractivity contribution in [3.63, 3.8) is 0 Å². The van der Waals surface area contributed by atoms with Crippen molar-refractivity contribution >= 4 is 34.9 Å². The van der Waals surface area contributed by atoms with Crippen LogP contribution in [0.2, 0.25) is 0 Å². The second kappa shape index (κ2) is 10.2. The molecule has 3 atom stereocenters. The van der Waals surface area contributed by atoms with Crippen molar-refractivity contribution in [2.75, 3.05) is 16.6 Å². The van der Waals surface area contributed by atoms with Gasteiger partial charge in [0.25, 0.3) is 0 Å². The predicted molar refractivity (Wildman–Crippen MR) is 135 cm³/mol. The van der Waals surface area contributed by atoms with E-state index in [-0.39, 0.29) is 0 Å². The minimum atomic E-state index is 0.547. The molecule has 164 valence electrons. The van der Waals surface area contributed by atoms with Gasteiger partial charge >= 0.3 is 0 Å². The maximum Gasteiger partial charge on any atom is 0.141 e. The number of rotatable bonds is 10. The quantitative estimate of drug-likeness (QED) is 0.291. The monoisotopic (exact) mass is 436 g/mol. The van der Waals surface area contributed by atoms with Crippen LogP contribution in [-0.4, -0.2) is 11.8 Å². The number of quaternary nitrogens is 1. The smallest absolute Gasteiger partial charge is 0.141 e. The molecule has 7 N–H and O–H groups in total. The summed E-state index contributed by atoms with van der Waals surface area (Å²) in [5, 5.41) is 1.68. The molecule has 1 saturated carbocycles. The van der Waals surface area contributed by atoms with E-state index in [2.05, 4.69) is 61.1 Å². The number of thioether (sulfide) groups is 1. The van der Waals surface area contributed by atoms with Crippen LogP contribution in [0, 0.1) is 11.8 Å². The average molecular weight is 437 g/mol. The summed E-state index contributed by atoms with van der Waals surface area (Å²) in [6, 6.07) is 14.4. The van der Waals surface area contributed by atoms with Gasteiger partial charge in [0.05, 0.1) is 10.6 Å². The van der Waals surface area contributed by atoms with Gasteiger partial charge in [-0.2, -0.15) is 0 Å². The highest BCUT2D eigenvalue weighted by atomic mass is 32.2. The molecule has 2 aromatic rings. The van der Waals surface area contributed by atoms with Crippen LogP contribution in [0.1, 0.15) is 25.8 Å². The predicted octanol–water partition coefficient (Wildman–Crippen LogP) is 4.47. The highest BCUT2D eigenvalue weighted by Crippen LogP contribution is 2.52. The number of hydrazine groups is 2. The molecule has 0 radical (unpaired) electrons. The number of nitrogens with zero attached hydrogens (tertiary/aromatic N) is 2. The Hall–Kier alpha value is -2.51. The largest absolute Gasteiger partial charge is 0.346 e. The third-order valence-electron chi connectivity index (χ3n) is 5.71. The fourth-order valence-corrected chi connectivity index (χ4v) is 5.14. The minimum absolute atomic E-state index is 0.547. The molecule has 0 bridgehead atoms. The molecule has 6 heteroatoms. The van der Waals surface area contributed by atoms with Gasteiger partial charge in [0.1, 0.15) is 5.69 Å². The molecule has 0 aliphatic heterocycles. The number of anilines is 2. The molecule has 3 rings (SSSR count). The Kier molecular flexibility index (Phi) is 7.62. The van der Waals surface area contributed by atoms with Crippen molar-refractivity contribution in [1.29, 1.82) is 0 Å². The minimum Gasteiger partial charge on any atom is -0.346 e. The molecule has 0 aromatic heterocycles. The Morgan fingerprint density at radius 2 is 1.84 bits per heavy atom. The Bertz CT molecular complexity index is 951. The van der Waals surface area contributed by atoms with E-state index < -0.39 is 0 Å². The van der Waals surface area contributed by atoms with Gasteiger partial charge in [0, 0.05) is 29.2 Å². The van der Waals surface area contributed by atoms with Gasteiger partial charge in [-0.05, 0) is 55.0 Å². The third kappa shape index (κ3) is 5.80. The van der Waals surface area contributed by atoms with Crippen LogP contribution >= 0.6 is 11.8 Å². The molecule has 31 heavy (non-hydrogen) atoms. The number of hydrogen-bond donors (Lipinski definition) is 3. The summed E-state index contributed by atoms with van der Waals surface area (Å²) in [7, 11) is 0. The van der Waals surface area contributed by atoms with Gasteiger partial charge in [-0.1, -0.05) is 43.9 Å². The van der Waals surface area contributed by atoms with Gasteiger partial charge in [-0.25, -0.2) is 16.8 Å². The van der Waals surface area contributed by atoms with E-state index in [4.69, 9.17) is 11.7 Å². The molecular formula is C25H34N5S+. The summed E-state index contributed by atoms with van der Waals surface area (Å²) in [5.74, 6) is 12.3. The van der Waals surface area contributed by atoms with E-state index in [9.17, 15) is 0 Å². The van der Waals surface area contributed by atoms with Crippen LogP contribution in [0.25, 0.3) is 6.08 Å². The van der Waals surface area contributed by atoms with Crippen LogP contribution in [0.4, 0.5) is 17.1 Å².